The topological polar surface area (TPSA) is 88.7 Å². The van der Waals surface area contributed by atoms with E-state index < -0.39 is 29.7 Å². The quantitative estimate of drug-likeness (QED) is 0.388. The highest BCUT2D eigenvalue weighted by molar-refractivity contribution is 6.06. The highest BCUT2D eigenvalue weighted by Gasteiger charge is 2.32. The third-order valence-electron chi connectivity index (χ3n) is 5.72. The smallest absolute Gasteiger partial charge is 0.416 e. The average Bonchev–Trinajstić information content (AvgIpc) is 2.87. The molecule has 3 amide bonds. The fourth-order valence-electron chi connectivity index (χ4n) is 3.95. The number of para-hydroxylation sites is 1. The molecular weight excluding hydrogens is 487 g/mol. The first-order valence-corrected chi connectivity index (χ1v) is 11.3. The second-order valence-corrected chi connectivity index (χ2v) is 8.29. The molecule has 3 aromatic carbocycles. The minimum Gasteiger partial charge on any atom is -0.493 e. The summed E-state index contributed by atoms with van der Waals surface area (Å²) in [6.07, 6.45) is -4.45. The first-order valence-electron chi connectivity index (χ1n) is 11.3. The number of benzene rings is 3. The molecule has 7 nitrogen and oxygen atoms in total. The van der Waals surface area contributed by atoms with Crippen molar-refractivity contribution in [3.63, 3.8) is 0 Å². The minimum absolute atomic E-state index is 0.118. The molecule has 0 aromatic heterocycles. The van der Waals surface area contributed by atoms with Crippen molar-refractivity contribution in [1.29, 1.82) is 0 Å². The van der Waals surface area contributed by atoms with Gasteiger partial charge < -0.3 is 25.4 Å². The molecule has 0 fully saturated rings. The minimum atomic E-state index is -4.45. The van der Waals surface area contributed by atoms with E-state index in [2.05, 4.69) is 16.0 Å². The van der Waals surface area contributed by atoms with Crippen molar-refractivity contribution in [2.45, 2.75) is 25.7 Å². The molecule has 1 aliphatic heterocycles. The van der Waals surface area contributed by atoms with Gasteiger partial charge in [-0.05, 0) is 54.4 Å². The van der Waals surface area contributed by atoms with Gasteiger partial charge in [0.15, 0.2) is 11.5 Å². The van der Waals surface area contributed by atoms with Crippen LogP contribution in [0.3, 0.4) is 0 Å². The molecule has 37 heavy (non-hydrogen) atoms. The SMILES string of the molecule is COc1cc(C2NC(=O)NC(C)=C2C(=O)Nc2ccccc2)ccc1OCc1cccc(C(F)(F)F)c1. The number of carbonyl (C=O) groups excluding carboxylic acids is 2. The lowest BCUT2D eigenvalue weighted by atomic mass is 9.94. The van der Waals surface area contributed by atoms with Crippen LogP contribution in [0.2, 0.25) is 0 Å². The Balaban J connectivity index is 1.57. The molecule has 1 unspecified atom stereocenters. The normalized spacial score (nSPS) is 15.5. The van der Waals surface area contributed by atoms with E-state index in [1.807, 2.05) is 6.07 Å². The number of hydrogen-bond acceptors (Lipinski definition) is 4. The van der Waals surface area contributed by atoms with Crippen LogP contribution in [0.5, 0.6) is 11.5 Å². The second-order valence-electron chi connectivity index (χ2n) is 8.29. The maximum Gasteiger partial charge on any atom is 0.416 e. The number of carbonyl (C=O) groups is 2. The van der Waals surface area contributed by atoms with E-state index in [9.17, 15) is 22.8 Å². The second kappa shape index (κ2) is 10.7. The molecule has 0 aliphatic carbocycles. The zero-order chi connectivity index (χ0) is 26.6. The fourth-order valence-corrected chi connectivity index (χ4v) is 3.95. The van der Waals surface area contributed by atoms with Crippen LogP contribution < -0.4 is 25.4 Å². The van der Waals surface area contributed by atoms with E-state index in [1.54, 1.807) is 49.4 Å². The Hall–Kier alpha value is -4.47. The molecule has 0 saturated heterocycles. The summed E-state index contributed by atoms with van der Waals surface area (Å²) in [6.45, 7) is 1.52. The van der Waals surface area contributed by atoms with E-state index in [0.29, 0.717) is 33.8 Å². The summed E-state index contributed by atoms with van der Waals surface area (Å²) in [5.41, 5.74) is 1.43. The van der Waals surface area contributed by atoms with E-state index in [1.165, 1.54) is 19.2 Å². The maximum absolute atomic E-state index is 13.2. The maximum atomic E-state index is 13.2. The molecule has 3 aromatic rings. The first kappa shape index (κ1) is 25.6. The van der Waals surface area contributed by atoms with Gasteiger partial charge in [-0.2, -0.15) is 13.2 Å². The predicted molar refractivity (Wildman–Crippen MR) is 131 cm³/mol. The van der Waals surface area contributed by atoms with Crippen molar-refractivity contribution in [2.24, 2.45) is 0 Å². The number of anilines is 1. The molecule has 0 saturated carbocycles. The molecule has 4 rings (SSSR count). The van der Waals surface area contributed by atoms with Gasteiger partial charge in [0.2, 0.25) is 0 Å². The molecule has 1 heterocycles. The summed E-state index contributed by atoms with van der Waals surface area (Å²) in [5.74, 6) is 0.183. The molecular formula is C27H24F3N3O4. The van der Waals surface area contributed by atoms with Crippen LogP contribution in [0.15, 0.2) is 84.1 Å². The number of nitrogens with one attached hydrogen (secondary N) is 3. The number of rotatable bonds is 7. The molecule has 10 heteroatoms. The highest BCUT2D eigenvalue weighted by Crippen LogP contribution is 2.35. The number of halogens is 3. The Morgan fingerprint density at radius 2 is 1.76 bits per heavy atom. The van der Waals surface area contributed by atoms with Crippen LogP contribution in [-0.2, 0) is 17.6 Å². The average molecular weight is 512 g/mol. The van der Waals surface area contributed by atoms with Crippen molar-refractivity contribution < 1.29 is 32.2 Å². The predicted octanol–water partition coefficient (Wildman–Crippen LogP) is 5.56. The van der Waals surface area contributed by atoms with Gasteiger partial charge in [0, 0.05) is 11.4 Å². The van der Waals surface area contributed by atoms with Crippen molar-refractivity contribution in [1.82, 2.24) is 10.6 Å². The molecule has 0 spiro atoms. The van der Waals surface area contributed by atoms with Crippen LogP contribution in [0.25, 0.3) is 0 Å². The molecule has 3 N–H and O–H groups in total. The molecule has 0 bridgehead atoms. The van der Waals surface area contributed by atoms with Gasteiger partial charge in [-0.15, -0.1) is 0 Å². The van der Waals surface area contributed by atoms with Gasteiger partial charge in [0.1, 0.15) is 6.61 Å². The number of urea groups is 1. The van der Waals surface area contributed by atoms with Gasteiger partial charge in [-0.25, -0.2) is 4.79 Å². The summed E-state index contributed by atoms with van der Waals surface area (Å²) in [5, 5.41) is 8.21. The van der Waals surface area contributed by atoms with Crippen molar-refractivity contribution in [3.05, 3.63) is 101 Å². The summed E-state index contributed by atoms with van der Waals surface area (Å²) < 4.78 is 50.2. The molecule has 1 atom stereocenters. The summed E-state index contributed by atoms with van der Waals surface area (Å²) in [7, 11) is 1.42. The number of methoxy groups -OCH3 is 1. The monoisotopic (exact) mass is 511 g/mol. The van der Waals surface area contributed by atoms with E-state index in [0.717, 1.165) is 12.1 Å². The third kappa shape index (κ3) is 6.03. The summed E-state index contributed by atoms with van der Waals surface area (Å²) >= 11 is 0. The van der Waals surface area contributed by atoms with Crippen molar-refractivity contribution in [3.8, 4) is 11.5 Å². The van der Waals surface area contributed by atoms with E-state index >= 15 is 0 Å². The van der Waals surface area contributed by atoms with Crippen LogP contribution in [0, 0.1) is 0 Å². The lowest BCUT2D eigenvalue weighted by molar-refractivity contribution is -0.137. The molecule has 1 aliphatic rings. The van der Waals surface area contributed by atoms with Crippen LogP contribution in [-0.4, -0.2) is 19.0 Å². The number of ether oxygens (including phenoxy) is 2. The van der Waals surface area contributed by atoms with Gasteiger partial charge in [0.25, 0.3) is 5.91 Å². The Morgan fingerprint density at radius 1 is 1.00 bits per heavy atom. The van der Waals surface area contributed by atoms with Crippen molar-refractivity contribution in [2.75, 3.05) is 12.4 Å². The van der Waals surface area contributed by atoms with Gasteiger partial charge in [-0.1, -0.05) is 36.4 Å². The Bertz CT molecular complexity index is 1340. The molecule has 0 radical (unpaired) electrons. The Labute approximate surface area is 211 Å². The summed E-state index contributed by atoms with van der Waals surface area (Å²) in [6, 6.07) is 17.4. The number of alkyl halides is 3. The summed E-state index contributed by atoms with van der Waals surface area (Å²) in [4.78, 5) is 25.4. The highest BCUT2D eigenvalue weighted by atomic mass is 19.4. The Morgan fingerprint density at radius 3 is 2.46 bits per heavy atom. The number of allylic oxidation sites excluding steroid dienone is 1. The Kier molecular flexibility index (Phi) is 7.37. The standard InChI is InChI=1S/C27H24F3N3O4/c1-16-23(25(34)32-20-9-4-3-5-10-20)24(33-26(35)31-16)18-11-12-21(22(14-18)36-2)37-15-17-7-6-8-19(13-17)27(28,29)30/h3-14,24H,15H2,1-2H3,(H,32,34)(H2,31,33,35). The third-order valence-corrected chi connectivity index (χ3v) is 5.72. The van der Waals surface area contributed by atoms with Gasteiger partial charge >= 0.3 is 12.2 Å². The van der Waals surface area contributed by atoms with E-state index in [-0.39, 0.29) is 12.4 Å². The van der Waals surface area contributed by atoms with Gasteiger partial charge in [-0.3, -0.25) is 4.79 Å². The lowest BCUT2D eigenvalue weighted by Gasteiger charge is -2.29. The van der Waals surface area contributed by atoms with Crippen LogP contribution in [0.4, 0.5) is 23.7 Å². The fraction of sp³-hybridized carbons (Fsp3) is 0.185. The zero-order valence-electron chi connectivity index (χ0n) is 20.0. The van der Waals surface area contributed by atoms with Crippen LogP contribution in [0.1, 0.15) is 29.7 Å². The lowest BCUT2D eigenvalue weighted by Crippen LogP contribution is -2.45. The van der Waals surface area contributed by atoms with Crippen LogP contribution >= 0.6 is 0 Å². The zero-order valence-corrected chi connectivity index (χ0v) is 20.0. The van der Waals surface area contributed by atoms with Gasteiger partial charge in [0.05, 0.1) is 24.3 Å². The largest absolute Gasteiger partial charge is 0.493 e. The first-order chi connectivity index (χ1) is 17.7. The molecule has 192 valence electrons. The van der Waals surface area contributed by atoms with Crippen molar-refractivity contribution >= 4 is 17.6 Å². The number of hydrogen-bond donors (Lipinski definition) is 3. The number of amides is 3. The van der Waals surface area contributed by atoms with E-state index in [4.69, 9.17) is 9.47 Å².